The summed E-state index contributed by atoms with van der Waals surface area (Å²) in [4.78, 5) is 13.5. The molecule has 2 N–H and O–H groups in total. The Hall–Kier alpha value is -1.55. The first-order valence-corrected chi connectivity index (χ1v) is 6.15. The highest BCUT2D eigenvalue weighted by Gasteiger charge is 2.14. The van der Waals surface area contributed by atoms with Gasteiger partial charge in [0, 0.05) is 18.4 Å². The Balaban J connectivity index is 2.54. The van der Waals surface area contributed by atoms with Gasteiger partial charge in [0.25, 0.3) is 5.91 Å². The Morgan fingerprint density at radius 2 is 1.83 bits per heavy atom. The average molecular weight is 250 g/mol. The molecule has 0 aliphatic carbocycles. The van der Waals surface area contributed by atoms with Gasteiger partial charge >= 0.3 is 0 Å². The molecule has 1 aromatic rings. The maximum atomic E-state index is 11.9. The number of benzene rings is 1. The zero-order valence-electron chi connectivity index (χ0n) is 11.5. The van der Waals surface area contributed by atoms with E-state index < -0.39 is 0 Å². The Morgan fingerprint density at radius 3 is 2.33 bits per heavy atom. The second kappa shape index (κ2) is 6.40. The Morgan fingerprint density at radius 1 is 1.28 bits per heavy atom. The van der Waals surface area contributed by atoms with Crippen LogP contribution in [0.5, 0.6) is 0 Å². The standard InChI is InChI=1S/C14H22N2O2/c1-10(2)11(3)18-9-14(17)16(4)13-7-5-12(15)6-8-13/h5-8,10-11H,9,15H2,1-4H3. The number of amides is 1. The molecule has 0 aromatic heterocycles. The third-order valence-electron chi connectivity index (χ3n) is 3.06. The summed E-state index contributed by atoms with van der Waals surface area (Å²) >= 11 is 0. The molecule has 4 heteroatoms. The van der Waals surface area contributed by atoms with Gasteiger partial charge in [0.1, 0.15) is 6.61 Å². The van der Waals surface area contributed by atoms with Crippen LogP contribution in [0.4, 0.5) is 11.4 Å². The number of nitrogens with two attached hydrogens (primary N) is 1. The van der Waals surface area contributed by atoms with Crippen LogP contribution in [-0.4, -0.2) is 25.7 Å². The van der Waals surface area contributed by atoms with Crippen molar-refractivity contribution in [2.45, 2.75) is 26.9 Å². The molecule has 1 unspecified atom stereocenters. The molecule has 0 radical (unpaired) electrons. The van der Waals surface area contributed by atoms with Gasteiger partial charge in [-0.05, 0) is 37.1 Å². The van der Waals surface area contributed by atoms with Crippen molar-refractivity contribution in [1.82, 2.24) is 0 Å². The Bertz CT molecular complexity index is 387. The molecule has 0 spiro atoms. The summed E-state index contributed by atoms with van der Waals surface area (Å²) in [6, 6.07) is 7.19. The number of nitrogens with zero attached hydrogens (tertiary/aromatic N) is 1. The van der Waals surface area contributed by atoms with Crippen molar-refractivity contribution >= 4 is 17.3 Å². The maximum Gasteiger partial charge on any atom is 0.252 e. The van der Waals surface area contributed by atoms with Crippen LogP contribution >= 0.6 is 0 Å². The van der Waals surface area contributed by atoms with Gasteiger partial charge < -0.3 is 15.4 Å². The van der Waals surface area contributed by atoms with Crippen molar-refractivity contribution in [3.05, 3.63) is 24.3 Å². The van der Waals surface area contributed by atoms with E-state index >= 15 is 0 Å². The lowest BCUT2D eigenvalue weighted by molar-refractivity contribution is -0.125. The fraction of sp³-hybridized carbons (Fsp3) is 0.500. The molecule has 0 aliphatic rings. The number of carbonyl (C=O) groups excluding carboxylic acids is 1. The predicted octanol–water partition coefficient (Wildman–Crippen LogP) is 2.29. The van der Waals surface area contributed by atoms with Crippen molar-refractivity contribution in [3.8, 4) is 0 Å². The molecule has 4 nitrogen and oxygen atoms in total. The smallest absolute Gasteiger partial charge is 0.252 e. The van der Waals surface area contributed by atoms with Crippen LogP contribution in [0.1, 0.15) is 20.8 Å². The van der Waals surface area contributed by atoms with Crippen molar-refractivity contribution in [2.24, 2.45) is 5.92 Å². The molecule has 1 amide bonds. The summed E-state index contributed by atoms with van der Waals surface area (Å²) in [5.74, 6) is 0.340. The first kappa shape index (κ1) is 14.5. The van der Waals surface area contributed by atoms with Gasteiger partial charge in [-0.25, -0.2) is 0 Å². The van der Waals surface area contributed by atoms with Crippen LogP contribution in [0.25, 0.3) is 0 Å². The maximum absolute atomic E-state index is 11.9. The van der Waals surface area contributed by atoms with E-state index in [4.69, 9.17) is 10.5 Å². The second-order valence-corrected chi connectivity index (χ2v) is 4.80. The van der Waals surface area contributed by atoms with Gasteiger partial charge in [-0.2, -0.15) is 0 Å². The second-order valence-electron chi connectivity index (χ2n) is 4.80. The normalized spacial score (nSPS) is 12.5. The van der Waals surface area contributed by atoms with Crippen LogP contribution in [0, 0.1) is 5.92 Å². The third-order valence-corrected chi connectivity index (χ3v) is 3.06. The number of hydrogen-bond donors (Lipinski definition) is 1. The summed E-state index contributed by atoms with van der Waals surface area (Å²) in [7, 11) is 1.73. The van der Waals surface area contributed by atoms with E-state index in [9.17, 15) is 4.79 Å². The monoisotopic (exact) mass is 250 g/mol. The minimum absolute atomic E-state index is 0.0627. The number of hydrogen-bond acceptors (Lipinski definition) is 3. The van der Waals surface area contributed by atoms with E-state index in [1.165, 1.54) is 0 Å². The molecule has 18 heavy (non-hydrogen) atoms. The highest BCUT2D eigenvalue weighted by Crippen LogP contribution is 2.15. The number of anilines is 2. The topological polar surface area (TPSA) is 55.6 Å². The van der Waals surface area contributed by atoms with Crippen LogP contribution in [0.15, 0.2) is 24.3 Å². The third kappa shape index (κ3) is 4.04. The molecule has 0 bridgehead atoms. The predicted molar refractivity (Wildman–Crippen MR) is 74.5 cm³/mol. The first-order chi connectivity index (χ1) is 8.41. The van der Waals surface area contributed by atoms with Crippen molar-refractivity contribution in [1.29, 1.82) is 0 Å². The van der Waals surface area contributed by atoms with Gasteiger partial charge in [-0.1, -0.05) is 13.8 Å². The van der Waals surface area contributed by atoms with Crippen LogP contribution < -0.4 is 10.6 Å². The zero-order valence-corrected chi connectivity index (χ0v) is 11.5. The Kier molecular flexibility index (Phi) is 5.16. The van der Waals surface area contributed by atoms with E-state index in [2.05, 4.69) is 13.8 Å². The molecule has 1 aromatic carbocycles. The van der Waals surface area contributed by atoms with Crippen molar-refractivity contribution < 1.29 is 9.53 Å². The molecule has 1 rings (SSSR count). The first-order valence-electron chi connectivity index (χ1n) is 6.15. The van der Waals surface area contributed by atoms with Gasteiger partial charge in [0.2, 0.25) is 0 Å². The quantitative estimate of drug-likeness (QED) is 0.816. The van der Waals surface area contributed by atoms with Crippen molar-refractivity contribution in [2.75, 3.05) is 24.3 Å². The summed E-state index contributed by atoms with van der Waals surface area (Å²) in [5, 5.41) is 0. The summed E-state index contributed by atoms with van der Waals surface area (Å²) in [6.45, 7) is 6.21. The minimum atomic E-state index is -0.0627. The fourth-order valence-corrected chi connectivity index (χ4v) is 1.33. The lowest BCUT2D eigenvalue weighted by atomic mass is 10.1. The van der Waals surface area contributed by atoms with Gasteiger partial charge in [-0.3, -0.25) is 4.79 Å². The largest absolute Gasteiger partial charge is 0.399 e. The van der Waals surface area contributed by atoms with E-state index in [0.717, 1.165) is 5.69 Å². The Labute approximate surface area is 109 Å². The highest BCUT2D eigenvalue weighted by molar-refractivity contribution is 5.93. The van der Waals surface area contributed by atoms with Crippen LogP contribution in [0.2, 0.25) is 0 Å². The number of nitrogen functional groups attached to an aromatic ring is 1. The van der Waals surface area contributed by atoms with Gasteiger partial charge in [-0.15, -0.1) is 0 Å². The molecular formula is C14H22N2O2. The molecule has 0 heterocycles. The number of likely N-dealkylation sites (N-methyl/N-ethyl adjacent to an activating group) is 1. The number of ether oxygens (including phenoxy) is 1. The summed E-state index contributed by atoms with van der Waals surface area (Å²) in [6.07, 6.45) is 0.0776. The molecular weight excluding hydrogens is 228 g/mol. The zero-order chi connectivity index (χ0) is 13.7. The molecule has 0 saturated heterocycles. The molecule has 1 atom stereocenters. The van der Waals surface area contributed by atoms with Gasteiger partial charge in [0.15, 0.2) is 0 Å². The molecule has 0 saturated carbocycles. The molecule has 0 fully saturated rings. The summed E-state index contributed by atoms with van der Waals surface area (Å²) in [5.41, 5.74) is 7.11. The summed E-state index contributed by atoms with van der Waals surface area (Å²) < 4.78 is 5.52. The minimum Gasteiger partial charge on any atom is -0.399 e. The van der Waals surface area contributed by atoms with Crippen LogP contribution in [0.3, 0.4) is 0 Å². The molecule has 0 aliphatic heterocycles. The average Bonchev–Trinajstić information content (AvgIpc) is 2.35. The van der Waals surface area contributed by atoms with Crippen LogP contribution in [-0.2, 0) is 9.53 Å². The highest BCUT2D eigenvalue weighted by atomic mass is 16.5. The van der Waals surface area contributed by atoms with E-state index in [0.29, 0.717) is 11.6 Å². The molecule has 100 valence electrons. The van der Waals surface area contributed by atoms with E-state index in [1.54, 1.807) is 24.1 Å². The van der Waals surface area contributed by atoms with E-state index in [1.807, 2.05) is 19.1 Å². The number of rotatable bonds is 5. The number of carbonyl (C=O) groups is 1. The van der Waals surface area contributed by atoms with E-state index in [-0.39, 0.29) is 18.6 Å². The lowest BCUT2D eigenvalue weighted by Crippen LogP contribution is -2.32. The van der Waals surface area contributed by atoms with Gasteiger partial charge in [0.05, 0.1) is 6.10 Å². The SMILES string of the molecule is CC(C)C(C)OCC(=O)N(C)c1ccc(N)cc1. The lowest BCUT2D eigenvalue weighted by Gasteiger charge is -2.20. The fourth-order valence-electron chi connectivity index (χ4n) is 1.33. The van der Waals surface area contributed by atoms with Crippen molar-refractivity contribution in [3.63, 3.8) is 0 Å².